The summed E-state index contributed by atoms with van der Waals surface area (Å²) in [5.41, 5.74) is 0. The summed E-state index contributed by atoms with van der Waals surface area (Å²) in [6.45, 7) is 4.87. The molecule has 0 atom stereocenters. The molecule has 1 aromatic rings. The number of pyridine rings is 1. The Labute approximate surface area is 121 Å². The second-order valence-corrected chi connectivity index (χ2v) is 7.16. The molecule has 0 saturated heterocycles. The van der Waals surface area contributed by atoms with E-state index in [4.69, 9.17) is 5.11 Å². The molecule has 1 rings (SSSR count). The van der Waals surface area contributed by atoms with Crippen LogP contribution in [0.2, 0.25) is 0 Å². The predicted molar refractivity (Wildman–Crippen MR) is 79.3 cm³/mol. The normalized spacial score (nSPS) is 12.2. The summed E-state index contributed by atoms with van der Waals surface area (Å²) in [6, 6.07) is 3.49. The van der Waals surface area contributed by atoms with E-state index < -0.39 is 10.0 Å². The third-order valence-corrected chi connectivity index (χ3v) is 4.77. The SMILES string of the molecule is CC(C)N(CCCO)c1ccc(S(=O)(=O)N(C)C)cn1. The van der Waals surface area contributed by atoms with Gasteiger partial charge in [-0.3, -0.25) is 0 Å². The van der Waals surface area contributed by atoms with Crippen molar-refractivity contribution in [3.8, 4) is 0 Å². The van der Waals surface area contributed by atoms with Crippen molar-refractivity contribution in [1.82, 2.24) is 9.29 Å². The van der Waals surface area contributed by atoms with E-state index in [1.807, 2.05) is 18.7 Å². The zero-order valence-corrected chi connectivity index (χ0v) is 13.3. The summed E-state index contributed by atoms with van der Waals surface area (Å²) in [6.07, 6.45) is 2.02. The number of aliphatic hydroxyl groups excluding tert-OH is 1. The fourth-order valence-electron chi connectivity index (χ4n) is 1.78. The first kappa shape index (κ1) is 16.9. The van der Waals surface area contributed by atoms with Crippen LogP contribution >= 0.6 is 0 Å². The predicted octanol–water partition coefficient (Wildman–Crippen LogP) is 0.929. The van der Waals surface area contributed by atoms with Gasteiger partial charge in [-0.05, 0) is 32.4 Å². The number of sulfonamides is 1. The summed E-state index contributed by atoms with van der Waals surface area (Å²) in [5, 5.41) is 8.92. The second-order valence-electron chi connectivity index (χ2n) is 5.00. The van der Waals surface area contributed by atoms with E-state index in [1.165, 1.54) is 20.3 Å². The molecular weight excluding hydrogens is 278 g/mol. The lowest BCUT2D eigenvalue weighted by Gasteiger charge is -2.27. The molecule has 1 aromatic heterocycles. The molecule has 0 spiro atoms. The van der Waals surface area contributed by atoms with E-state index in [-0.39, 0.29) is 17.5 Å². The zero-order chi connectivity index (χ0) is 15.3. The Balaban J connectivity index is 3.00. The highest BCUT2D eigenvalue weighted by molar-refractivity contribution is 7.89. The van der Waals surface area contributed by atoms with Crippen LogP contribution in [-0.4, -0.2) is 56.1 Å². The molecule has 1 N–H and O–H groups in total. The number of rotatable bonds is 7. The minimum Gasteiger partial charge on any atom is -0.396 e. The summed E-state index contributed by atoms with van der Waals surface area (Å²) < 4.78 is 25.1. The highest BCUT2D eigenvalue weighted by atomic mass is 32.2. The van der Waals surface area contributed by atoms with Gasteiger partial charge in [0.25, 0.3) is 0 Å². The van der Waals surface area contributed by atoms with Gasteiger partial charge in [-0.1, -0.05) is 0 Å². The van der Waals surface area contributed by atoms with E-state index in [9.17, 15) is 8.42 Å². The van der Waals surface area contributed by atoms with Crippen molar-refractivity contribution >= 4 is 15.8 Å². The Morgan fingerprint density at radius 2 is 1.95 bits per heavy atom. The monoisotopic (exact) mass is 301 g/mol. The topological polar surface area (TPSA) is 73.7 Å². The number of nitrogens with zero attached hydrogens (tertiary/aromatic N) is 3. The first-order chi connectivity index (χ1) is 9.30. The lowest BCUT2D eigenvalue weighted by atomic mass is 10.2. The lowest BCUT2D eigenvalue weighted by Crippen LogP contribution is -2.33. The standard InChI is InChI=1S/C13H23N3O3S/c1-11(2)16(8-5-9-17)13-7-6-12(10-14-13)20(18,19)15(3)4/h6-7,10-11,17H,5,8-9H2,1-4H3. The van der Waals surface area contributed by atoms with Crippen molar-refractivity contribution in [3.05, 3.63) is 18.3 Å². The van der Waals surface area contributed by atoms with E-state index in [0.717, 1.165) is 4.31 Å². The molecule has 0 aliphatic heterocycles. The molecule has 0 radical (unpaired) electrons. The number of hydrogen-bond acceptors (Lipinski definition) is 5. The van der Waals surface area contributed by atoms with Gasteiger partial charge >= 0.3 is 0 Å². The van der Waals surface area contributed by atoms with Crippen molar-refractivity contribution in [2.45, 2.75) is 31.2 Å². The average molecular weight is 301 g/mol. The van der Waals surface area contributed by atoms with E-state index in [2.05, 4.69) is 4.98 Å². The average Bonchev–Trinajstić information content (AvgIpc) is 2.39. The number of anilines is 1. The highest BCUT2D eigenvalue weighted by Crippen LogP contribution is 2.18. The second kappa shape index (κ2) is 7.01. The van der Waals surface area contributed by atoms with Crippen molar-refractivity contribution in [2.75, 3.05) is 32.1 Å². The first-order valence-electron chi connectivity index (χ1n) is 6.56. The Bertz CT molecular complexity index is 512. The van der Waals surface area contributed by atoms with Gasteiger partial charge in [0, 0.05) is 39.5 Å². The molecule has 0 aromatic carbocycles. The molecule has 0 saturated carbocycles. The third-order valence-electron chi connectivity index (χ3n) is 2.97. The Kier molecular flexibility index (Phi) is 5.91. The van der Waals surface area contributed by atoms with Crippen LogP contribution in [0.3, 0.4) is 0 Å². The maximum atomic E-state index is 12.0. The summed E-state index contributed by atoms with van der Waals surface area (Å²) in [7, 11) is -0.462. The molecule has 0 aliphatic carbocycles. The van der Waals surface area contributed by atoms with Gasteiger partial charge in [-0.15, -0.1) is 0 Å². The van der Waals surface area contributed by atoms with E-state index in [0.29, 0.717) is 18.8 Å². The minimum atomic E-state index is -3.44. The van der Waals surface area contributed by atoms with E-state index in [1.54, 1.807) is 12.1 Å². The van der Waals surface area contributed by atoms with E-state index >= 15 is 0 Å². The van der Waals surface area contributed by atoms with Crippen LogP contribution in [0.1, 0.15) is 20.3 Å². The van der Waals surface area contributed by atoms with Crippen LogP contribution < -0.4 is 4.90 Å². The third kappa shape index (κ3) is 3.91. The molecular formula is C13H23N3O3S. The Morgan fingerprint density at radius 3 is 2.35 bits per heavy atom. The smallest absolute Gasteiger partial charge is 0.244 e. The molecule has 6 nitrogen and oxygen atoms in total. The molecule has 0 amide bonds. The number of aromatic nitrogens is 1. The van der Waals surface area contributed by atoms with Crippen molar-refractivity contribution in [1.29, 1.82) is 0 Å². The van der Waals surface area contributed by atoms with Crippen LogP contribution in [0.5, 0.6) is 0 Å². The molecule has 0 fully saturated rings. The highest BCUT2D eigenvalue weighted by Gasteiger charge is 2.18. The maximum Gasteiger partial charge on any atom is 0.244 e. The number of hydrogen-bond donors (Lipinski definition) is 1. The largest absolute Gasteiger partial charge is 0.396 e. The molecule has 0 bridgehead atoms. The van der Waals surface area contributed by atoms with Crippen molar-refractivity contribution in [3.63, 3.8) is 0 Å². The van der Waals surface area contributed by atoms with Gasteiger partial charge in [0.1, 0.15) is 10.7 Å². The van der Waals surface area contributed by atoms with Crippen molar-refractivity contribution in [2.24, 2.45) is 0 Å². The fraction of sp³-hybridized carbons (Fsp3) is 0.615. The van der Waals surface area contributed by atoms with Crippen LogP contribution in [0.25, 0.3) is 0 Å². The Morgan fingerprint density at radius 1 is 1.30 bits per heavy atom. The molecule has 1 heterocycles. The van der Waals surface area contributed by atoms with Gasteiger partial charge in [-0.25, -0.2) is 17.7 Å². The maximum absolute atomic E-state index is 12.0. The summed E-state index contributed by atoms with van der Waals surface area (Å²) in [5.74, 6) is 0.714. The summed E-state index contributed by atoms with van der Waals surface area (Å²) >= 11 is 0. The van der Waals surface area contributed by atoms with Crippen LogP contribution in [0.15, 0.2) is 23.2 Å². The van der Waals surface area contributed by atoms with Crippen LogP contribution in [0.4, 0.5) is 5.82 Å². The minimum absolute atomic E-state index is 0.121. The molecule has 0 aliphatic rings. The van der Waals surface area contributed by atoms with Crippen LogP contribution in [0, 0.1) is 0 Å². The van der Waals surface area contributed by atoms with Gasteiger partial charge in [-0.2, -0.15) is 0 Å². The lowest BCUT2D eigenvalue weighted by molar-refractivity contribution is 0.288. The Hall–Kier alpha value is -1.18. The molecule has 7 heteroatoms. The van der Waals surface area contributed by atoms with Gasteiger partial charge in [0.05, 0.1) is 0 Å². The fourth-order valence-corrected chi connectivity index (χ4v) is 2.63. The molecule has 0 unspecified atom stereocenters. The molecule has 20 heavy (non-hydrogen) atoms. The quantitative estimate of drug-likeness (QED) is 0.811. The van der Waals surface area contributed by atoms with Crippen LogP contribution in [-0.2, 0) is 10.0 Å². The molecule has 114 valence electrons. The zero-order valence-electron chi connectivity index (χ0n) is 12.4. The van der Waals surface area contributed by atoms with Crippen molar-refractivity contribution < 1.29 is 13.5 Å². The number of aliphatic hydroxyl groups is 1. The summed E-state index contributed by atoms with van der Waals surface area (Å²) in [4.78, 5) is 6.45. The van der Waals surface area contributed by atoms with Gasteiger partial charge in [0.15, 0.2) is 0 Å². The first-order valence-corrected chi connectivity index (χ1v) is 8.00. The van der Waals surface area contributed by atoms with Gasteiger partial charge in [0.2, 0.25) is 10.0 Å². The van der Waals surface area contributed by atoms with Gasteiger partial charge < -0.3 is 10.0 Å².